The summed E-state index contributed by atoms with van der Waals surface area (Å²) < 4.78 is 10.4. The van der Waals surface area contributed by atoms with Gasteiger partial charge in [-0.1, -0.05) is 42.5 Å². The van der Waals surface area contributed by atoms with E-state index in [1.165, 1.54) is 6.26 Å². The molecule has 0 saturated carbocycles. The Morgan fingerprint density at radius 2 is 2.05 bits per heavy atom. The minimum Gasteiger partial charge on any atom is -0.461 e. The van der Waals surface area contributed by atoms with Crippen LogP contribution in [0.15, 0.2) is 59.2 Å². The van der Waals surface area contributed by atoms with Crippen molar-refractivity contribution in [1.82, 2.24) is 0 Å². The van der Waals surface area contributed by atoms with Crippen molar-refractivity contribution < 1.29 is 13.9 Å². The molecule has 2 aromatic rings. The first-order valence-corrected chi connectivity index (χ1v) is 6.12. The van der Waals surface area contributed by atoms with Crippen molar-refractivity contribution in [2.24, 2.45) is 0 Å². The SMILES string of the molecule is COC(/C=C/c1ccccc1)CC(=O)c1ccco1. The highest BCUT2D eigenvalue weighted by Gasteiger charge is 2.14. The molecule has 3 heteroatoms. The maximum atomic E-state index is 11.9. The molecule has 1 unspecified atom stereocenters. The van der Waals surface area contributed by atoms with Crippen LogP contribution in [0.25, 0.3) is 6.08 Å². The summed E-state index contributed by atoms with van der Waals surface area (Å²) in [5.74, 6) is 0.310. The number of hydrogen-bond donors (Lipinski definition) is 0. The Morgan fingerprint density at radius 3 is 2.68 bits per heavy atom. The predicted molar refractivity (Wildman–Crippen MR) is 73.9 cm³/mol. The van der Waals surface area contributed by atoms with Crippen molar-refractivity contribution >= 4 is 11.9 Å². The molecule has 0 saturated heterocycles. The molecule has 0 radical (unpaired) electrons. The first kappa shape index (κ1) is 13.3. The summed E-state index contributed by atoms with van der Waals surface area (Å²) >= 11 is 0. The van der Waals surface area contributed by atoms with E-state index in [2.05, 4.69) is 0 Å². The van der Waals surface area contributed by atoms with Crippen molar-refractivity contribution in [2.75, 3.05) is 7.11 Å². The Bertz CT molecular complexity index is 526. The predicted octanol–water partition coefficient (Wildman–Crippen LogP) is 3.58. The van der Waals surface area contributed by atoms with Gasteiger partial charge in [-0.15, -0.1) is 0 Å². The topological polar surface area (TPSA) is 39.4 Å². The summed E-state index contributed by atoms with van der Waals surface area (Å²) in [4.78, 5) is 11.9. The Kier molecular flexibility index (Phi) is 4.70. The number of furan rings is 1. The van der Waals surface area contributed by atoms with E-state index in [0.717, 1.165) is 5.56 Å². The van der Waals surface area contributed by atoms with Gasteiger partial charge in [0.05, 0.1) is 12.4 Å². The molecule has 3 nitrogen and oxygen atoms in total. The quantitative estimate of drug-likeness (QED) is 0.741. The third-order valence-electron chi connectivity index (χ3n) is 2.79. The van der Waals surface area contributed by atoms with Crippen LogP contribution in [0.2, 0.25) is 0 Å². The van der Waals surface area contributed by atoms with E-state index in [4.69, 9.17) is 9.15 Å². The minimum absolute atomic E-state index is 0.0606. The number of ether oxygens (including phenoxy) is 1. The van der Waals surface area contributed by atoms with Gasteiger partial charge in [-0.05, 0) is 17.7 Å². The van der Waals surface area contributed by atoms with Crippen LogP contribution >= 0.6 is 0 Å². The average Bonchev–Trinajstić information content (AvgIpc) is 2.98. The molecule has 0 aliphatic heterocycles. The molecule has 0 aliphatic rings. The summed E-state index contributed by atoms with van der Waals surface area (Å²) in [5.41, 5.74) is 1.08. The second kappa shape index (κ2) is 6.71. The normalized spacial score (nSPS) is 12.7. The molecule has 0 bridgehead atoms. The minimum atomic E-state index is -0.252. The van der Waals surface area contributed by atoms with E-state index in [0.29, 0.717) is 5.76 Å². The number of benzene rings is 1. The van der Waals surface area contributed by atoms with Crippen molar-refractivity contribution in [3.8, 4) is 0 Å². The zero-order chi connectivity index (χ0) is 13.5. The smallest absolute Gasteiger partial charge is 0.200 e. The Morgan fingerprint density at radius 1 is 1.26 bits per heavy atom. The van der Waals surface area contributed by atoms with Gasteiger partial charge < -0.3 is 9.15 Å². The van der Waals surface area contributed by atoms with E-state index in [-0.39, 0.29) is 18.3 Å². The highest BCUT2D eigenvalue weighted by Crippen LogP contribution is 2.11. The van der Waals surface area contributed by atoms with Crippen LogP contribution in [0.1, 0.15) is 22.5 Å². The fourth-order valence-corrected chi connectivity index (χ4v) is 1.73. The molecular weight excluding hydrogens is 240 g/mol. The van der Waals surface area contributed by atoms with E-state index < -0.39 is 0 Å². The molecule has 0 fully saturated rings. The first-order valence-electron chi connectivity index (χ1n) is 6.12. The number of Topliss-reactive ketones (excluding diaryl/α,β-unsaturated/α-hetero) is 1. The summed E-state index contributed by atoms with van der Waals surface area (Å²) in [6.07, 6.45) is 5.35. The second-order valence-corrected chi connectivity index (χ2v) is 4.15. The molecule has 1 heterocycles. The lowest BCUT2D eigenvalue weighted by Crippen LogP contribution is -2.13. The maximum absolute atomic E-state index is 11.9. The van der Waals surface area contributed by atoms with Crippen LogP contribution in [0.3, 0.4) is 0 Å². The fraction of sp³-hybridized carbons (Fsp3) is 0.188. The third-order valence-corrected chi connectivity index (χ3v) is 2.79. The average molecular weight is 256 g/mol. The molecular formula is C16H16O3. The van der Waals surface area contributed by atoms with E-state index in [1.54, 1.807) is 19.2 Å². The molecule has 98 valence electrons. The van der Waals surface area contributed by atoms with Gasteiger partial charge in [0.15, 0.2) is 5.76 Å². The summed E-state index contributed by atoms with van der Waals surface area (Å²) in [6, 6.07) is 13.3. The van der Waals surface area contributed by atoms with Gasteiger partial charge >= 0.3 is 0 Å². The van der Waals surface area contributed by atoms with Crippen LogP contribution in [-0.2, 0) is 4.74 Å². The molecule has 0 N–H and O–H groups in total. The van der Waals surface area contributed by atoms with E-state index in [9.17, 15) is 4.79 Å². The largest absolute Gasteiger partial charge is 0.461 e. The molecule has 19 heavy (non-hydrogen) atoms. The van der Waals surface area contributed by atoms with Gasteiger partial charge in [0.1, 0.15) is 0 Å². The number of ketones is 1. The van der Waals surface area contributed by atoms with Crippen LogP contribution in [0.4, 0.5) is 0 Å². The van der Waals surface area contributed by atoms with Crippen molar-refractivity contribution in [2.45, 2.75) is 12.5 Å². The maximum Gasteiger partial charge on any atom is 0.200 e. The van der Waals surface area contributed by atoms with Crippen LogP contribution in [-0.4, -0.2) is 19.0 Å². The molecule has 0 aliphatic carbocycles. The van der Waals surface area contributed by atoms with Gasteiger partial charge in [0.25, 0.3) is 0 Å². The number of carbonyl (C=O) groups is 1. The lowest BCUT2D eigenvalue weighted by atomic mass is 10.1. The van der Waals surface area contributed by atoms with Gasteiger partial charge in [0.2, 0.25) is 5.78 Å². The van der Waals surface area contributed by atoms with E-state index >= 15 is 0 Å². The second-order valence-electron chi connectivity index (χ2n) is 4.15. The molecule has 0 amide bonds. The summed E-state index contributed by atoms with van der Waals surface area (Å²) in [7, 11) is 1.59. The molecule has 2 rings (SSSR count). The van der Waals surface area contributed by atoms with Crippen molar-refractivity contribution in [1.29, 1.82) is 0 Å². The Hall–Kier alpha value is -2.13. The zero-order valence-electron chi connectivity index (χ0n) is 10.8. The lowest BCUT2D eigenvalue weighted by Gasteiger charge is -2.08. The first-order chi connectivity index (χ1) is 9.29. The van der Waals surface area contributed by atoms with Crippen molar-refractivity contribution in [3.05, 3.63) is 66.1 Å². The van der Waals surface area contributed by atoms with Crippen LogP contribution in [0, 0.1) is 0 Å². The third kappa shape index (κ3) is 3.93. The van der Waals surface area contributed by atoms with Crippen LogP contribution in [0.5, 0.6) is 0 Å². The molecule has 1 aromatic carbocycles. The fourth-order valence-electron chi connectivity index (χ4n) is 1.73. The number of rotatable bonds is 6. The highest BCUT2D eigenvalue weighted by molar-refractivity contribution is 5.93. The lowest BCUT2D eigenvalue weighted by molar-refractivity contribution is 0.0828. The number of hydrogen-bond acceptors (Lipinski definition) is 3. The molecule has 0 spiro atoms. The zero-order valence-corrected chi connectivity index (χ0v) is 10.8. The number of methoxy groups -OCH3 is 1. The van der Waals surface area contributed by atoms with Gasteiger partial charge in [-0.3, -0.25) is 4.79 Å². The highest BCUT2D eigenvalue weighted by atomic mass is 16.5. The molecule has 1 atom stereocenters. The Balaban J connectivity index is 1.97. The van der Waals surface area contributed by atoms with Crippen LogP contribution < -0.4 is 0 Å². The standard InChI is InChI=1S/C16H16O3/c1-18-14(10-9-13-6-3-2-4-7-13)12-15(17)16-8-5-11-19-16/h2-11,14H,12H2,1H3/b10-9+. The van der Waals surface area contributed by atoms with E-state index in [1.807, 2.05) is 42.5 Å². The Labute approximate surface area is 112 Å². The van der Waals surface area contributed by atoms with Gasteiger partial charge in [-0.2, -0.15) is 0 Å². The van der Waals surface area contributed by atoms with Gasteiger partial charge in [-0.25, -0.2) is 0 Å². The summed E-state index contributed by atoms with van der Waals surface area (Å²) in [5, 5.41) is 0. The van der Waals surface area contributed by atoms with Crippen molar-refractivity contribution in [3.63, 3.8) is 0 Å². The monoisotopic (exact) mass is 256 g/mol. The number of carbonyl (C=O) groups excluding carboxylic acids is 1. The summed E-state index contributed by atoms with van der Waals surface area (Å²) in [6.45, 7) is 0. The van der Waals surface area contributed by atoms with Gasteiger partial charge in [0, 0.05) is 13.5 Å². The molecule has 1 aromatic heterocycles.